The molecule has 1 unspecified atom stereocenters. The van der Waals surface area contributed by atoms with E-state index >= 15 is 0 Å². The Morgan fingerprint density at radius 1 is 0.950 bits per heavy atom. The predicted molar refractivity (Wildman–Crippen MR) is 85.7 cm³/mol. The van der Waals surface area contributed by atoms with Gasteiger partial charge in [-0.15, -0.1) is 0 Å². The van der Waals surface area contributed by atoms with E-state index in [9.17, 15) is 0 Å². The maximum absolute atomic E-state index is 5.18. The Balaban J connectivity index is 2.21. The molecular weight excluding hydrogens is 246 g/mol. The average molecular weight is 269 g/mol. The quantitative estimate of drug-likeness (QED) is 0.861. The van der Waals surface area contributed by atoms with Crippen LogP contribution in [-0.4, -0.2) is 7.11 Å². The van der Waals surface area contributed by atoms with Gasteiger partial charge in [-0.3, -0.25) is 0 Å². The molecule has 0 bridgehead atoms. The second kappa shape index (κ2) is 6.00. The third-order valence-corrected chi connectivity index (χ3v) is 3.64. The van der Waals surface area contributed by atoms with Gasteiger partial charge in [-0.2, -0.15) is 0 Å². The van der Waals surface area contributed by atoms with Gasteiger partial charge in [-0.05, 0) is 68.7 Å². The van der Waals surface area contributed by atoms with Crippen LogP contribution in [0.2, 0.25) is 0 Å². The summed E-state index contributed by atoms with van der Waals surface area (Å²) in [6.07, 6.45) is 0. The summed E-state index contributed by atoms with van der Waals surface area (Å²) in [7, 11) is 1.68. The van der Waals surface area contributed by atoms with Crippen molar-refractivity contribution in [3.8, 4) is 5.75 Å². The van der Waals surface area contributed by atoms with Crippen LogP contribution in [0.4, 0.5) is 5.69 Å². The topological polar surface area (TPSA) is 21.3 Å². The molecule has 1 atom stereocenters. The van der Waals surface area contributed by atoms with Gasteiger partial charge in [0.25, 0.3) is 0 Å². The molecule has 0 radical (unpaired) electrons. The van der Waals surface area contributed by atoms with E-state index in [4.69, 9.17) is 4.74 Å². The van der Waals surface area contributed by atoms with E-state index in [0.717, 1.165) is 11.4 Å². The van der Waals surface area contributed by atoms with Crippen LogP contribution in [0, 0.1) is 20.8 Å². The second-order valence-electron chi connectivity index (χ2n) is 5.41. The first-order valence-corrected chi connectivity index (χ1v) is 6.99. The highest BCUT2D eigenvalue weighted by molar-refractivity contribution is 5.50. The third kappa shape index (κ3) is 3.13. The fourth-order valence-electron chi connectivity index (χ4n) is 2.88. The Bertz CT molecular complexity index is 564. The summed E-state index contributed by atoms with van der Waals surface area (Å²) in [5.41, 5.74) is 6.50. The van der Waals surface area contributed by atoms with Crippen molar-refractivity contribution < 1.29 is 4.74 Å². The van der Waals surface area contributed by atoms with E-state index in [0.29, 0.717) is 0 Å². The van der Waals surface area contributed by atoms with Crippen LogP contribution in [0.1, 0.15) is 35.2 Å². The Labute approximate surface area is 121 Å². The van der Waals surface area contributed by atoms with Gasteiger partial charge >= 0.3 is 0 Å². The lowest BCUT2D eigenvalue weighted by Gasteiger charge is -2.21. The first-order chi connectivity index (χ1) is 9.51. The Hall–Kier alpha value is -1.96. The molecule has 20 heavy (non-hydrogen) atoms. The number of benzene rings is 2. The minimum Gasteiger partial charge on any atom is -0.497 e. The van der Waals surface area contributed by atoms with Crippen LogP contribution in [-0.2, 0) is 0 Å². The summed E-state index contributed by atoms with van der Waals surface area (Å²) in [6, 6.07) is 12.8. The van der Waals surface area contributed by atoms with E-state index in [1.807, 2.05) is 24.3 Å². The average Bonchev–Trinajstić information content (AvgIpc) is 2.38. The molecule has 2 rings (SSSR count). The highest BCUT2D eigenvalue weighted by atomic mass is 16.5. The minimum absolute atomic E-state index is 0.281. The molecule has 2 aromatic rings. The molecule has 0 amide bonds. The molecule has 0 aliphatic rings. The first-order valence-electron chi connectivity index (χ1n) is 6.99. The van der Waals surface area contributed by atoms with E-state index in [1.54, 1.807) is 7.11 Å². The normalized spacial score (nSPS) is 12.1. The highest BCUT2D eigenvalue weighted by Gasteiger charge is 2.11. The van der Waals surface area contributed by atoms with E-state index in [2.05, 4.69) is 45.1 Å². The molecule has 0 heterocycles. The summed E-state index contributed by atoms with van der Waals surface area (Å²) >= 11 is 0. The van der Waals surface area contributed by atoms with Crippen LogP contribution in [0.5, 0.6) is 5.75 Å². The van der Waals surface area contributed by atoms with Crippen LogP contribution < -0.4 is 10.1 Å². The lowest BCUT2D eigenvalue weighted by atomic mass is 9.95. The van der Waals surface area contributed by atoms with Crippen molar-refractivity contribution in [2.75, 3.05) is 12.4 Å². The molecular formula is C18H23NO. The predicted octanol–water partition coefficient (Wildman–Crippen LogP) is 4.79. The standard InChI is InChI=1S/C18H23NO/c1-12-10-13(2)18(14(3)11-12)15(4)19-16-6-8-17(20-5)9-7-16/h6-11,15,19H,1-5H3. The van der Waals surface area contributed by atoms with Gasteiger partial charge in [-0.1, -0.05) is 17.7 Å². The molecule has 0 spiro atoms. The number of nitrogens with one attached hydrogen (secondary N) is 1. The molecule has 106 valence electrons. The number of hydrogen-bond donors (Lipinski definition) is 1. The number of methoxy groups -OCH3 is 1. The highest BCUT2D eigenvalue weighted by Crippen LogP contribution is 2.27. The largest absolute Gasteiger partial charge is 0.497 e. The minimum atomic E-state index is 0.281. The maximum Gasteiger partial charge on any atom is 0.119 e. The molecule has 0 aliphatic carbocycles. The van der Waals surface area contributed by atoms with Crippen LogP contribution in [0.3, 0.4) is 0 Å². The fraction of sp³-hybridized carbons (Fsp3) is 0.333. The smallest absolute Gasteiger partial charge is 0.119 e. The van der Waals surface area contributed by atoms with Crippen molar-refractivity contribution >= 4 is 5.69 Å². The van der Waals surface area contributed by atoms with Gasteiger partial charge in [0.15, 0.2) is 0 Å². The van der Waals surface area contributed by atoms with Gasteiger partial charge in [0, 0.05) is 11.7 Å². The van der Waals surface area contributed by atoms with E-state index < -0.39 is 0 Å². The van der Waals surface area contributed by atoms with Crippen molar-refractivity contribution in [3.63, 3.8) is 0 Å². The molecule has 0 fully saturated rings. The summed E-state index contributed by atoms with van der Waals surface area (Å²) in [4.78, 5) is 0. The third-order valence-electron chi connectivity index (χ3n) is 3.64. The van der Waals surface area contributed by atoms with E-state index in [1.165, 1.54) is 22.3 Å². The maximum atomic E-state index is 5.18. The molecule has 2 nitrogen and oxygen atoms in total. The first kappa shape index (κ1) is 14.4. The van der Waals surface area contributed by atoms with Crippen LogP contribution >= 0.6 is 0 Å². The lowest BCUT2D eigenvalue weighted by molar-refractivity contribution is 0.415. The van der Waals surface area contributed by atoms with Gasteiger partial charge in [-0.25, -0.2) is 0 Å². The van der Waals surface area contributed by atoms with Crippen molar-refractivity contribution in [3.05, 3.63) is 58.7 Å². The zero-order valence-corrected chi connectivity index (χ0v) is 12.9. The van der Waals surface area contributed by atoms with Gasteiger partial charge in [0.05, 0.1) is 7.11 Å². The molecule has 0 saturated heterocycles. The van der Waals surface area contributed by atoms with E-state index in [-0.39, 0.29) is 6.04 Å². The summed E-state index contributed by atoms with van der Waals surface area (Å²) in [5, 5.41) is 3.56. The Kier molecular flexibility index (Phi) is 4.33. The Morgan fingerprint density at radius 3 is 2.00 bits per heavy atom. The molecule has 0 saturated carbocycles. The SMILES string of the molecule is COc1ccc(NC(C)c2c(C)cc(C)cc2C)cc1. The van der Waals surface area contributed by atoms with Gasteiger partial charge < -0.3 is 10.1 Å². The second-order valence-corrected chi connectivity index (χ2v) is 5.41. The zero-order valence-electron chi connectivity index (χ0n) is 12.9. The fourth-order valence-corrected chi connectivity index (χ4v) is 2.88. The number of hydrogen-bond acceptors (Lipinski definition) is 2. The summed E-state index contributed by atoms with van der Waals surface area (Å²) in [6.45, 7) is 8.71. The van der Waals surface area contributed by atoms with Crippen molar-refractivity contribution in [2.45, 2.75) is 33.7 Å². The molecule has 0 aromatic heterocycles. The van der Waals surface area contributed by atoms with Crippen LogP contribution in [0.15, 0.2) is 36.4 Å². The van der Waals surface area contributed by atoms with Crippen molar-refractivity contribution in [1.29, 1.82) is 0 Å². The Morgan fingerprint density at radius 2 is 1.50 bits per heavy atom. The number of anilines is 1. The lowest BCUT2D eigenvalue weighted by Crippen LogP contribution is -2.10. The number of aryl methyl sites for hydroxylation is 3. The molecule has 0 aliphatic heterocycles. The zero-order chi connectivity index (χ0) is 14.7. The summed E-state index contributed by atoms with van der Waals surface area (Å²) < 4.78 is 5.18. The van der Waals surface area contributed by atoms with Crippen LogP contribution in [0.25, 0.3) is 0 Å². The molecule has 2 heteroatoms. The number of rotatable bonds is 4. The molecule has 2 aromatic carbocycles. The van der Waals surface area contributed by atoms with Crippen molar-refractivity contribution in [2.24, 2.45) is 0 Å². The summed E-state index contributed by atoms with van der Waals surface area (Å²) in [5.74, 6) is 0.880. The van der Waals surface area contributed by atoms with Gasteiger partial charge in [0.2, 0.25) is 0 Å². The van der Waals surface area contributed by atoms with Gasteiger partial charge in [0.1, 0.15) is 5.75 Å². The monoisotopic (exact) mass is 269 g/mol. The molecule has 1 N–H and O–H groups in total. The van der Waals surface area contributed by atoms with Crippen molar-refractivity contribution in [1.82, 2.24) is 0 Å². The number of ether oxygens (including phenoxy) is 1.